The van der Waals surface area contributed by atoms with E-state index in [1.54, 1.807) is 6.33 Å². The summed E-state index contributed by atoms with van der Waals surface area (Å²) in [5.74, 6) is 1.69. The van der Waals surface area contributed by atoms with Crippen molar-refractivity contribution in [3.05, 3.63) is 34.2 Å². The van der Waals surface area contributed by atoms with Crippen molar-refractivity contribution in [3.63, 3.8) is 0 Å². The van der Waals surface area contributed by atoms with Gasteiger partial charge in [0.05, 0.1) is 6.33 Å². The van der Waals surface area contributed by atoms with Crippen LogP contribution in [0.1, 0.15) is 6.92 Å². The monoisotopic (exact) mass is 381 g/mol. The lowest BCUT2D eigenvalue weighted by Gasteiger charge is -2.07. The maximum Gasteiger partial charge on any atom is 0.250 e. The Hall–Kier alpha value is -1.90. The minimum absolute atomic E-state index is 0.463. The topological polar surface area (TPSA) is 75.7 Å². The molecule has 1 aromatic carbocycles. The van der Waals surface area contributed by atoms with Crippen LogP contribution < -0.4 is 10.1 Å². The third-order valence-electron chi connectivity index (χ3n) is 2.62. The summed E-state index contributed by atoms with van der Waals surface area (Å²) in [5, 5.41) is 3.07. The molecule has 0 atom stereocenters. The maximum absolute atomic E-state index is 5.83. The van der Waals surface area contributed by atoms with E-state index in [1.165, 1.54) is 0 Å². The first-order valence-corrected chi connectivity index (χ1v) is 7.22. The molecule has 0 fully saturated rings. The van der Waals surface area contributed by atoms with Gasteiger partial charge in [-0.3, -0.25) is 0 Å². The fourth-order valence-corrected chi connectivity index (χ4v) is 2.09. The summed E-state index contributed by atoms with van der Waals surface area (Å²) in [7, 11) is 0. The van der Waals surface area contributed by atoms with Crippen molar-refractivity contribution in [3.8, 4) is 11.6 Å². The van der Waals surface area contributed by atoms with Crippen LogP contribution in [0.15, 0.2) is 30.6 Å². The van der Waals surface area contributed by atoms with Crippen molar-refractivity contribution in [1.82, 2.24) is 19.9 Å². The van der Waals surface area contributed by atoms with Gasteiger partial charge in [0.25, 0.3) is 5.88 Å². The predicted octanol–water partition coefficient (Wildman–Crippen LogP) is 3.18. The Bertz CT molecular complexity index is 725. The summed E-state index contributed by atoms with van der Waals surface area (Å²) in [6.07, 6.45) is 1.58. The second-order valence-corrected chi connectivity index (χ2v) is 5.29. The molecule has 0 radical (unpaired) electrons. The summed E-state index contributed by atoms with van der Waals surface area (Å²) in [6.45, 7) is 2.72. The van der Waals surface area contributed by atoms with Crippen LogP contribution in [0.4, 0.5) is 5.95 Å². The van der Waals surface area contributed by atoms with Crippen LogP contribution >= 0.6 is 22.6 Å². The van der Waals surface area contributed by atoms with Crippen LogP contribution in [0, 0.1) is 3.57 Å². The highest BCUT2D eigenvalue weighted by Gasteiger charge is 2.11. The number of H-pyrrole nitrogens is 1. The SMILES string of the molecule is CCNc1nc(Oc2ccc(I)cc2)c2[nH]cnc2n1. The van der Waals surface area contributed by atoms with Crippen LogP contribution in [0.2, 0.25) is 0 Å². The highest BCUT2D eigenvalue weighted by Crippen LogP contribution is 2.26. The molecule has 0 saturated carbocycles. The van der Waals surface area contributed by atoms with Crippen LogP contribution in [0.3, 0.4) is 0 Å². The highest BCUT2D eigenvalue weighted by molar-refractivity contribution is 14.1. The molecule has 0 aliphatic carbocycles. The molecule has 6 nitrogen and oxygen atoms in total. The Morgan fingerprint density at radius 1 is 1.25 bits per heavy atom. The van der Waals surface area contributed by atoms with E-state index in [2.05, 4.69) is 47.8 Å². The largest absolute Gasteiger partial charge is 0.437 e. The standard InChI is InChI=1S/C13H12IN5O/c1-2-15-13-18-11-10(16-7-17-11)12(19-13)20-9-5-3-8(14)4-6-9/h3-7H,2H2,1H3,(H2,15,16,17,18,19). The number of nitrogens with one attached hydrogen (secondary N) is 2. The van der Waals surface area contributed by atoms with Crippen LogP contribution in [-0.4, -0.2) is 26.5 Å². The summed E-state index contributed by atoms with van der Waals surface area (Å²) < 4.78 is 6.98. The van der Waals surface area contributed by atoms with Gasteiger partial charge in [-0.05, 0) is 53.8 Å². The van der Waals surface area contributed by atoms with Gasteiger partial charge >= 0.3 is 0 Å². The number of hydrogen-bond donors (Lipinski definition) is 2. The average Bonchev–Trinajstić information content (AvgIpc) is 2.90. The molecule has 0 bridgehead atoms. The number of rotatable bonds is 4. The lowest BCUT2D eigenvalue weighted by Crippen LogP contribution is -2.03. The molecule has 0 saturated heterocycles. The van der Waals surface area contributed by atoms with E-state index >= 15 is 0 Å². The normalized spacial score (nSPS) is 10.7. The molecule has 0 spiro atoms. The molecule has 7 heteroatoms. The summed E-state index contributed by atoms with van der Waals surface area (Å²) in [6, 6.07) is 7.76. The number of fused-ring (bicyclic) bond motifs is 1. The molecule has 2 N–H and O–H groups in total. The van der Waals surface area contributed by atoms with Crippen LogP contribution in [-0.2, 0) is 0 Å². The minimum atomic E-state index is 0.463. The quantitative estimate of drug-likeness (QED) is 0.679. The zero-order valence-electron chi connectivity index (χ0n) is 10.7. The fourth-order valence-electron chi connectivity index (χ4n) is 1.73. The second kappa shape index (κ2) is 5.61. The Morgan fingerprint density at radius 3 is 2.80 bits per heavy atom. The molecule has 3 rings (SSSR count). The first-order chi connectivity index (χ1) is 9.76. The molecule has 0 aliphatic heterocycles. The Balaban J connectivity index is 2.00. The lowest BCUT2D eigenvalue weighted by molar-refractivity contribution is 0.468. The smallest absolute Gasteiger partial charge is 0.250 e. The Kier molecular flexibility index (Phi) is 3.68. The van der Waals surface area contributed by atoms with Gasteiger partial charge in [0, 0.05) is 10.1 Å². The van der Waals surface area contributed by atoms with Crippen molar-refractivity contribution in [2.75, 3.05) is 11.9 Å². The molecule has 0 unspecified atom stereocenters. The van der Waals surface area contributed by atoms with Crippen molar-refractivity contribution >= 4 is 39.7 Å². The van der Waals surface area contributed by atoms with Gasteiger partial charge in [0.15, 0.2) is 5.65 Å². The number of ether oxygens (including phenoxy) is 1. The average molecular weight is 381 g/mol. The van der Waals surface area contributed by atoms with Crippen molar-refractivity contribution in [2.24, 2.45) is 0 Å². The van der Waals surface area contributed by atoms with Crippen LogP contribution in [0.25, 0.3) is 11.2 Å². The summed E-state index contributed by atoms with van der Waals surface area (Å²) >= 11 is 2.25. The van der Waals surface area contributed by atoms with E-state index in [0.29, 0.717) is 23.0 Å². The highest BCUT2D eigenvalue weighted by atomic mass is 127. The van der Waals surface area contributed by atoms with Gasteiger partial charge in [0.1, 0.15) is 11.3 Å². The number of aromatic nitrogens is 4. The van der Waals surface area contributed by atoms with E-state index in [1.807, 2.05) is 31.2 Å². The molecule has 0 aliphatic rings. The number of anilines is 1. The minimum Gasteiger partial charge on any atom is -0.437 e. The lowest BCUT2D eigenvalue weighted by atomic mass is 10.3. The van der Waals surface area contributed by atoms with Crippen LogP contribution in [0.5, 0.6) is 11.6 Å². The third-order valence-corrected chi connectivity index (χ3v) is 3.33. The molecule has 20 heavy (non-hydrogen) atoms. The third kappa shape index (κ3) is 2.67. The second-order valence-electron chi connectivity index (χ2n) is 4.04. The van der Waals surface area contributed by atoms with E-state index in [9.17, 15) is 0 Å². The first-order valence-electron chi connectivity index (χ1n) is 6.14. The Morgan fingerprint density at radius 2 is 2.05 bits per heavy atom. The van der Waals surface area contributed by atoms with E-state index in [4.69, 9.17) is 4.74 Å². The molecule has 102 valence electrons. The molecule has 2 aromatic heterocycles. The molecule has 3 aromatic rings. The van der Waals surface area contributed by atoms with E-state index < -0.39 is 0 Å². The van der Waals surface area contributed by atoms with Crippen molar-refractivity contribution in [2.45, 2.75) is 6.92 Å². The van der Waals surface area contributed by atoms with Crippen molar-refractivity contribution < 1.29 is 4.74 Å². The maximum atomic E-state index is 5.83. The number of imidazole rings is 1. The van der Waals surface area contributed by atoms with Gasteiger partial charge in [0.2, 0.25) is 5.95 Å². The van der Waals surface area contributed by atoms with Crippen molar-refractivity contribution in [1.29, 1.82) is 0 Å². The zero-order valence-corrected chi connectivity index (χ0v) is 12.9. The van der Waals surface area contributed by atoms with Gasteiger partial charge in [-0.1, -0.05) is 0 Å². The Labute approximate surface area is 129 Å². The molecule has 0 amide bonds. The number of hydrogen-bond acceptors (Lipinski definition) is 5. The summed E-state index contributed by atoms with van der Waals surface area (Å²) in [4.78, 5) is 15.8. The first kappa shape index (κ1) is 13.1. The zero-order chi connectivity index (χ0) is 13.9. The van der Waals surface area contributed by atoms with E-state index in [-0.39, 0.29) is 0 Å². The number of nitrogens with zero attached hydrogens (tertiary/aromatic N) is 3. The summed E-state index contributed by atoms with van der Waals surface area (Å²) in [5.41, 5.74) is 1.27. The van der Waals surface area contributed by atoms with Gasteiger partial charge in [-0.25, -0.2) is 4.98 Å². The van der Waals surface area contributed by atoms with Gasteiger partial charge < -0.3 is 15.0 Å². The van der Waals surface area contributed by atoms with E-state index in [0.717, 1.165) is 15.9 Å². The molecule has 2 heterocycles. The number of halogens is 1. The predicted molar refractivity (Wildman–Crippen MR) is 85.1 cm³/mol. The fraction of sp³-hybridized carbons (Fsp3) is 0.154. The molecular formula is C13H12IN5O. The number of benzene rings is 1. The van der Waals surface area contributed by atoms with Gasteiger partial charge in [-0.15, -0.1) is 0 Å². The molecular weight excluding hydrogens is 369 g/mol. The number of aromatic amines is 1. The van der Waals surface area contributed by atoms with Gasteiger partial charge in [-0.2, -0.15) is 9.97 Å².